The average Bonchev–Trinajstić information content (AvgIpc) is 3.34. The molecule has 0 spiro atoms. The predicted octanol–water partition coefficient (Wildman–Crippen LogP) is 7.40. The van der Waals surface area contributed by atoms with Crippen LogP contribution in [-0.4, -0.2) is 32.7 Å². The lowest BCUT2D eigenvalue weighted by molar-refractivity contribution is -0.137. The number of hydrogen-bond acceptors (Lipinski definition) is 5. The Hall–Kier alpha value is -2.09. The van der Waals surface area contributed by atoms with Crippen LogP contribution in [0.25, 0.3) is 17.4 Å². The van der Waals surface area contributed by atoms with E-state index in [9.17, 15) is 9.59 Å². The van der Waals surface area contributed by atoms with Gasteiger partial charge in [0.2, 0.25) is 0 Å². The van der Waals surface area contributed by atoms with Crippen LogP contribution < -0.4 is 0 Å². The number of carbonyl (C=O) groups is 2. The van der Waals surface area contributed by atoms with Gasteiger partial charge in [-0.25, -0.2) is 0 Å². The minimum Gasteiger partial charge on any atom is -0.481 e. The number of carboxylic acid groups (broad SMARTS) is 1. The van der Waals surface area contributed by atoms with Gasteiger partial charge in [-0.1, -0.05) is 86.2 Å². The van der Waals surface area contributed by atoms with Gasteiger partial charge in [-0.05, 0) is 37.1 Å². The number of furan rings is 1. The third-order valence-electron chi connectivity index (χ3n) is 5.41. The molecule has 1 saturated heterocycles. The molecule has 3 rings (SSSR count). The summed E-state index contributed by atoms with van der Waals surface area (Å²) in [5, 5.41) is 9.27. The molecule has 1 N–H and O–H groups in total. The molecule has 1 aliphatic rings. The number of aliphatic carboxylic acids is 1. The van der Waals surface area contributed by atoms with E-state index in [0.717, 1.165) is 56.9 Å². The zero-order valence-corrected chi connectivity index (χ0v) is 20.8. The zero-order valence-electron chi connectivity index (χ0n) is 18.4. The molecule has 1 aromatic heterocycles. The van der Waals surface area contributed by atoms with E-state index in [0.29, 0.717) is 32.3 Å². The van der Waals surface area contributed by atoms with Crippen molar-refractivity contribution >= 4 is 57.9 Å². The van der Waals surface area contributed by atoms with Crippen LogP contribution in [0.15, 0.2) is 45.7 Å². The first kappa shape index (κ1) is 25.5. The fraction of sp³-hybridized carbons (Fsp3) is 0.400. The fourth-order valence-electron chi connectivity index (χ4n) is 3.66. The van der Waals surface area contributed by atoms with E-state index in [1.807, 2.05) is 36.4 Å². The van der Waals surface area contributed by atoms with Gasteiger partial charge in [0, 0.05) is 29.6 Å². The summed E-state index contributed by atoms with van der Waals surface area (Å²) in [6.45, 7) is 0.631. The van der Waals surface area contributed by atoms with Crippen LogP contribution in [-0.2, 0) is 9.59 Å². The molecule has 176 valence electrons. The van der Waals surface area contributed by atoms with Crippen LogP contribution in [0.4, 0.5) is 0 Å². The summed E-state index contributed by atoms with van der Waals surface area (Å²) in [5.74, 6) is 0.520. The van der Waals surface area contributed by atoms with Gasteiger partial charge in [-0.2, -0.15) is 0 Å². The Labute approximate surface area is 209 Å². The summed E-state index contributed by atoms with van der Waals surface area (Å²) in [6, 6.07) is 11.1. The molecular formula is C25H28ClNO4S2. The SMILES string of the molecule is O=C(O)CCCCCCCCCCN1C(=O)C(=Cc2ccc(-c3cccc(Cl)c3)o2)SC1=S. The van der Waals surface area contributed by atoms with Crippen LogP contribution in [0.2, 0.25) is 5.02 Å². The fourth-order valence-corrected chi connectivity index (χ4v) is 5.14. The minimum absolute atomic E-state index is 0.0656. The molecule has 0 unspecified atom stereocenters. The first-order valence-electron chi connectivity index (χ1n) is 11.3. The van der Waals surface area contributed by atoms with Crippen molar-refractivity contribution in [2.24, 2.45) is 0 Å². The Balaban J connectivity index is 1.41. The number of nitrogens with zero attached hydrogens (tertiary/aromatic N) is 1. The lowest BCUT2D eigenvalue weighted by Gasteiger charge is -2.14. The monoisotopic (exact) mass is 505 g/mol. The topological polar surface area (TPSA) is 70.8 Å². The van der Waals surface area contributed by atoms with E-state index < -0.39 is 5.97 Å². The van der Waals surface area contributed by atoms with Crippen molar-refractivity contribution in [3.8, 4) is 11.3 Å². The molecule has 2 heterocycles. The highest BCUT2D eigenvalue weighted by molar-refractivity contribution is 8.26. The Morgan fingerprint density at radius 2 is 1.76 bits per heavy atom. The Bertz CT molecular complexity index is 1020. The average molecular weight is 506 g/mol. The highest BCUT2D eigenvalue weighted by Gasteiger charge is 2.31. The maximum atomic E-state index is 12.8. The maximum absolute atomic E-state index is 12.8. The van der Waals surface area contributed by atoms with Crippen molar-refractivity contribution in [2.45, 2.75) is 57.8 Å². The Kier molecular flexibility index (Phi) is 10.0. The molecule has 5 nitrogen and oxygen atoms in total. The van der Waals surface area contributed by atoms with Crippen LogP contribution in [0.1, 0.15) is 63.5 Å². The second kappa shape index (κ2) is 13.0. The molecule has 1 aliphatic heterocycles. The van der Waals surface area contributed by atoms with Crippen molar-refractivity contribution in [2.75, 3.05) is 6.54 Å². The van der Waals surface area contributed by atoms with E-state index in [-0.39, 0.29) is 12.3 Å². The smallest absolute Gasteiger partial charge is 0.303 e. The maximum Gasteiger partial charge on any atom is 0.303 e. The van der Waals surface area contributed by atoms with Crippen molar-refractivity contribution in [1.29, 1.82) is 0 Å². The molecule has 0 bridgehead atoms. The molecule has 0 saturated carbocycles. The molecule has 2 aromatic rings. The number of halogens is 1. The van der Waals surface area contributed by atoms with E-state index in [1.165, 1.54) is 11.8 Å². The Morgan fingerprint density at radius 3 is 2.45 bits per heavy atom. The lowest BCUT2D eigenvalue weighted by atomic mass is 10.1. The second-order valence-electron chi connectivity index (χ2n) is 8.02. The first-order valence-corrected chi connectivity index (χ1v) is 12.9. The lowest BCUT2D eigenvalue weighted by Crippen LogP contribution is -2.28. The minimum atomic E-state index is -0.716. The van der Waals surface area contributed by atoms with Crippen LogP contribution in [0.5, 0.6) is 0 Å². The third kappa shape index (κ3) is 8.02. The standard InChI is InChI=1S/C25H28ClNO4S2/c26-19-11-9-10-18(16-19)21-14-13-20(31-21)17-22-24(30)27(25(32)33-22)15-8-6-4-2-1-3-5-7-12-23(28)29/h9-11,13-14,16-17H,1-8,12,15H2,(H,28,29). The molecule has 0 atom stereocenters. The summed E-state index contributed by atoms with van der Waals surface area (Å²) in [5.41, 5.74) is 0.884. The van der Waals surface area contributed by atoms with E-state index in [2.05, 4.69) is 0 Å². The summed E-state index contributed by atoms with van der Waals surface area (Å²) in [6.07, 6.45) is 10.2. The molecule has 1 aromatic carbocycles. The van der Waals surface area contributed by atoms with Crippen molar-refractivity contribution < 1.29 is 19.1 Å². The summed E-state index contributed by atoms with van der Waals surface area (Å²) in [7, 11) is 0. The number of amides is 1. The largest absolute Gasteiger partial charge is 0.481 e. The quantitative estimate of drug-likeness (QED) is 0.174. The summed E-state index contributed by atoms with van der Waals surface area (Å²) < 4.78 is 6.48. The molecule has 1 amide bonds. The highest BCUT2D eigenvalue weighted by atomic mass is 35.5. The van der Waals surface area contributed by atoms with Gasteiger partial charge in [0.1, 0.15) is 15.8 Å². The number of hydrogen-bond donors (Lipinski definition) is 1. The predicted molar refractivity (Wildman–Crippen MR) is 138 cm³/mol. The molecule has 1 fully saturated rings. The summed E-state index contributed by atoms with van der Waals surface area (Å²) >= 11 is 12.8. The molecule has 0 aliphatic carbocycles. The molecular weight excluding hydrogens is 478 g/mol. The first-order chi connectivity index (χ1) is 15.9. The zero-order chi connectivity index (χ0) is 23.6. The number of rotatable bonds is 13. The highest BCUT2D eigenvalue weighted by Crippen LogP contribution is 2.34. The number of carbonyl (C=O) groups excluding carboxylic acids is 1. The van der Waals surface area contributed by atoms with Crippen molar-refractivity contribution in [3.63, 3.8) is 0 Å². The van der Waals surface area contributed by atoms with Crippen LogP contribution >= 0.6 is 35.6 Å². The third-order valence-corrected chi connectivity index (χ3v) is 7.02. The van der Waals surface area contributed by atoms with Gasteiger partial charge in [0.25, 0.3) is 5.91 Å². The molecule has 33 heavy (non-hydrogen) atoms. The number of carboxylic acids is 1. The number of thiocarbonyl (C=S) groups is 1. The summed E-state index contributed by atoms with van der Waals surface area (Å²) in [4.78, 5) is 25.5. The van der Waals surface area contributed by atoms with Gasteiger partial charge in [-0.15, -0.1) is 0 Å². The van der Waals surface area contributed by atoms with E-state index in [4.69, 9.17) is 33.3 Å². The van der Waals surface area contributed by atoms with Crippen molar-refractivity contribution in [3.05, 3.63) is 52.1 Å². The van der Waals surface area contributed by atoms with Crippen molar-refractivity contribution in [1.82, 2.24) is 4.90 Å². The number of benzene rings is 1. The molecule has 0 radical (unpaired) electrons. The Morgan fingerprint density at radius 1 is 1.06 bits per heavy atom. The molecule has 8 heteroatoms. The van der Waals surface area contributed by atoms with Gasteiger partial charge < -0.3 is 9.52 Å². The van der Waals surface area contributed by atoms with Gasteiger partial charge in [0.05, 0.1) is 4.91 Å². The second-order valence-corrected chi connectivity index (χ2v) is 10.1. The van der Waals surface area contributed by atoms with Gasteiger partial charge in [-0.3, -0.25) is 14.5 Å². The van der Waals surface area contributed by atoms with Gasteiger partial charge >= 0.3 is 5.97 Å². The number of thioether (sulfide) groups is 1. The normalized spacial score (nSPS) is 15.1. The van der Waals surface area contributed by atoms with Crippen LogP contribution in [0, 0.1) is 0 Å². The van der Waals surface area contributed by atoms with Gasteiger partial charge in [0.15, 0.2) is 0 Å². The van der Waals surface area contributed by atoms with Crippen LogP contribution in [0.3, 0.4) is 0 Å². The van der Waals surface area contributed by atoms with E-state index in [1.54, 1.807) is 11.0 Å². The number of unbranched alkanes of at least 4 members (excludes halogenated alkanes) is 7. The van der Waals surface area contributed by atoms with E-state index >= 15 is 0 Å².